The predicted octanol–water partition coefficient (Wildman–Crippen LogP) is 1.95. The first-order chi connectivity index (χ1) is 5.61. The summed E-state index contributed by atoms with van der Waals surface area (Å²) < 4.78 is 23.5. The van der Waals surface area contributed by atoms with Gasteiger partial charge < -0.3 is 5.32 Å². The quantitative estimate of drug-likeness (QED) is 0.686. The van der Waals surface area contributed by atoms with E-state index in [9.17, 15) is 13.6 Å². The summed E-state index contributed by atoms with van der Waals surface area (Å²) in [6, 6.07) is -0.100. The largest absolute Gasteiger partial charge is 0.348 e. The highest BCUT2D eigenvalue weighted by Crippen LogP contribution is 2.02. The van der Waals surface area contributed by atoms with Crippen molar-refractivity contribution in [3.63, 3.8) is 0 Å². The summed E-state index contributed by atoms with van der Waals surface area (Å²) in [5.74, 6) is -1.16. The first-order valence-electron chi connectivity index (χ1n) is 4.20. The number of alkyl halides is 2. The summed E-state index contributed by atoms with van der Waals surface area (Å²) in [4.78, 5) is 10.5. The van der Waals surface area contributed by atoms with E-state index >= 15 is 0 Å². The van der Waals surface area contributed by atoms with Crippen LogP contribution in [0.3, 0.4) is 0 Å². The highest BCUT2D eigenvalue weighted by Gasteiger charge is 2.17. The number of carbonyl (C=O) groups excluding carboxylic acids is 1. The third-order valence-electron chi connectivity index (χ3n) is 1.67. The molecule has 1 unspecified atom stereocenters. The fourth-order valence-electron chi connectivity index (χ4n) is 0.991. The number of amides is 1. The van der Waals surface area contributed by atoms with E-state index in [1.54, 1.807) is 0 Å². The molecule has 72 valence electrons. The second-order valence-electron chi connectivity index (χ2n) is 2.70. The molecule has 0 aromatic carbocycles. The minimum absolute atomic E-state index is 0.100. The van der Waals surface area contributed by atoms with Gasteiger partial charge in [-0.15, -0.1) is 0 Å². The summed E-state index contributed by atoms with van der Waals surface area (Å²) in [6.07, 6.45) is -0.542. The van der Waals surface area contributed by atoms with E-state index in [1.165, 1.54) is 0 Å². The third kappa shape index (κ3) is 4.26. The van der Waals surface area contributed by atoms with E-state index in [2.05, 4.69) is 5.32 Å². The molecule has 12 heavy (non-hydrogen) atoms. The Morgan fingerprint density at radius 3 is 2.33 bits per heavy atom. The topological polar surface area (TPSA) is 29.1 Å². The van der Waals surface area contributed by atoms with Crippen molar-refractivity contribution in [2.75, 3.05) is 0 Å². The van der Waals surface area contributed by atoms with Crippen LogP contribution in [0, 0.1) is 0 Å². The van der Waals surface area contributed by atoms with Crippen LogP contribution in [0.2, 0.25) is 0 Å². The first-order valence-corrected chi connectivity index (χ1v) is 4.20. The lowest BCUT2D eigenvalue weighted by Gasteiger charge is -2.15. The minimum Gasteiger partial charge on any atom is -0.348 e. The maximum absolute atomic E-state index is 11.8. The van der Waals surface area contributed by atoms with Gasteiger partial charge in [0.1, 0.15) is 0 Å². The lowest BCUT2D eigenvalue weighted by Crippen LogP contribution is -2.38. The highest BCUT2D eigenvalue weighted by atomic mass is 19.3. The van der Waals surface area contributed by atoms with Crippen molar-refractivity contribution in [2.24, 2.45) is 0 Å². The minimum atomic E-state index is -2.89. The van der Waals surface area contributed by atoms with Crippen molar-refractivity contribution < 1.29 is 13.6 Å². The fourth-order valence-corrected chi connectivity index (χ4v) is 0.991. The molecule has 0 bridgehead atoms. The van der Waals surface area contributed by atoms with E-state index in [0.29, 0.717) is 6.42 Å². The van der Waals surface area contributed by atoms with Gasteiger partial charge in [-0.1, -0.05) is 20.3 Å². The first kappa shape index (κ1) is 11.3. The van der Waals surface area contributed by atoms with Gasteiger partial charge in [0.25, 0.3) is 5.91 Å². The SMILES string of the molecule is CCCC(CC)NC(=O)C(F)F. The smallest absolute Gasteiger partial charge is 0.315 e. The standard InChI is InChI=1S/C8H15F2NO/c1-3-5-6(4-2)11-8(12)7(9)10/h6-7H,3-5H2,1-2H3,(H,11,12). The number of hydrogen-bond acceptors (Lipinski definition) is 1. The average molecular weight is 179 g/mol. The number of rotatable bonds is 5. The summed E-state index contributed by atoms with van der Waals surface area (Å²) in [6.45, 7) is 3.82. The molecule has 0 heterocycles. The molecule has 0 radical (unpaired) electrons. The Morgan fingerprint density at radius 1 is 1.42 bits per heavy atom. The van der Waals surface area contributed by atoms with Gasteiger partial charge in [0.15, 0.2) is 0 Å². The van der Waals surface area contributed by atoms with Crippen LogP contribution in [0.1, 0.15) is 33.1 Å². The number of hydrogen-bond donors (Lipinski definition) is 1. The average Bonchev–Trinajstić information content (AvgIpc) is 2.03. The van der Waals surface area contributed by atoms with E-state index in [1.807, 2.05) is 13.8 Å². The molecule has 0 saturated carbocycles. The summed E-state index contributed by atoms with van der Waals surface area (Å²) in [7, 11) is 0. The van der Waals surface area contributed by atoms with Crippen LogP contribution in [0.15, 0.2) is 0 Å². The molecule has 0 fully saturated rings. The molecule has 1 amide bonds. The van der Waals surface area contributed by atoms with Gasteiger partial charge in [-0.3, -0.25) is 4.79 Å². The van der Waals surface area contributed by atoms with Crippen LogP contribution in [0.4, 0.5) is 8.78 Å². The molecule has 0 aromatic rings. The molecular weight excluding hydrogens is 164 g/mol. The van der Waals surface area contributed by atoms with Crippen LogP contribution >= 0.6 is 0 Å². The van der Waals surface area contributed by atoms with Crippen molar-refractivity contribution in [3.8, 4) is 0 Å². The van der Waals surface area contributed by atoms with Crippen LogP contribution in [-0.4, -0.2) is 18.4 Å². The second kappa shape index (κ2) is 5.91. The zero-order valence-electron chi connectivity index (χ0n) is 7.44. The maximum atomic E-state index is 11.8. The molecule has 1 N–H and O–H groups in total. The van der Waals surface area contributed by atoms with E-state index in [0.717, 1.165) is 12.8 Å². The second-order valence-corrected chi connectivity index (χ2v) is 2.70. The van der Waals surface area contributed by atoms with Crippen LogP contribution in [0.5, 0.6) is 0 Å². The van der Waals surface area contributed by atoms with Gasteiger partial charge >= 0.3 is 6.43 Å². The van der Waals surface area contributed by atoms with Crippen LogP contribution in [-0.2, 0) is 4.79 Å². The van der Waals surface area contributed by atoms with Crippen molar-refractivity contribution >= 4 is 5.91 Å². The molecule has 0 rings (SSSR count). The zero-order valence-corrected chi connectivity index (χ0v) is 7.44. The molecule has 0 aliphatic heterocycles. The molecule has 0 spiro atoms. The van der Waals surface area contributed by atoms with Gasteiger partial charge in [-0.2, -0.15) is 8.78 Å². The molecule has 2 nitrogen and oxygen atoms in total. The van der Waals surface area contributed by atoms with Gasteiger partial charge in [-0.25, -0.2) is 0 Å². The highest BCUT2D eigenvalue weighted by molar-refractivity contribution is 5.79. The lowest BCUT2D eigenvalue weighted by molar-refractivity contribution is -0.132. The molecule has 4 heteroatoms. The maximum Gasteiger partial charge on any atom is 0.315 e. The third-order valence-corrected chi connectivity index (χ3v) is 1.67. The number of carbonyl (C=O) groups is 1. The molecule has 0 aliphatic rings. The Bertz CT molecular complexity index is 139. The monoisotopic (exact) mass is 179 g/mol. The van der Waals surface area contributed by atoms with Crippen molar-refractivity contribution in [1.82, 2.24) is 5.32 Å². The summed E-state index contributed by atoms with van der Waals surface area (Å²) in [5.41, 5.74) is 0. The van der Waals surface area contributed by atoms with E-state index < -0.39 is 12.3 Å². The Hall–Kier alpha value is -0.670. The van der Waals surface area contributed by atoms with Crippen LogP contribution < -0.4 is 5.32 Å². The molecule has 0 aliphatic carbocycles. The normalized spacial score (nSPS) is 13.1. The fraction of sp³-hybridized carbons (Fsp3) is 0.875. The number of halogens is 2. The van der Waals surface area contributed by atoms with Gasteiger partial charge in [-0.05, 0) is 12.8 Å². The van der Waals surface area contributed by atoms with Crippen molar-refractivity contribution in [1.29, 1.82) is 0 Å². The molecule has 0 aromatic heterocycles. The van der Waals surface area contributed by atoms with Gasteiger partial charge in [0, 0.05) is 6.04 Å². The molecular formula is C8H15F2NO. The molecule has 1 atom stereocenters. The van der Waals surface area contributed by atoms with Gasteiger partial charge in [0.05, 0.1) is 0 Å². The van der Waals surface area contributed by atoms with Crippen molar-refractivity contribution in [2.45, 2.75) is 45.6 Å². The van der Waals surface area contributed by atoms with Crippen molar-refractivity contribution in [3.05, 3.63) is 0 Å². The Kier molecular flexibility index (Phi) is 5.58. The predicted molar refractivity (Wildman–Crippen MR) is 43.1 cm³/mol. The zero-order chi connectivity index (χ0) is 9.56. The number of nitrogens with one attached hydrogen (secondary N) is 1. The van der Waals surface area contributed by atoms with Gasteiger partial charge in [0.2, 0.25) is 0 Å². The summed E-state index contributed by atoms with van der Waals surface area (Å²) in [5, 5.41) is 2.28. The van der Waals surface area contributed by atoms with E-state index in [4.69, 9.17) is 0 Å². The Labute approximate surface area is 71.3 Å². The molecule has 0 saturated heterocycles. The Balaban J connectivity index is 3.77. The lowest BCUT2D eigenvalue weighted by atomic mass is 10.1. The van der Waals surface area contributed by atoms with Crippen LogP contribution in [0.25, 0.3) is 0 Å². The van der Waals surface area contributed by atoms with E-state index in [-0.39, 0.29) is 6.04 Å². The summed E-state index contributed by atoms with van der Waals surface area (Å²) >= 11 is 0. The Morgan fingerprint density at radius 2 is 2.00 bits per heavy atom.